The molecule has 0 radical (unpaired) electrons. The number of rotatable bonds is 4. The van der Waals surface area contributed by atoms with Gasteiger partial charge in [-0.15, -0.1) is 11.3 Å². The highest BCUT2D eigenvalue weighted by atomic mass is 32.1. The average Bonchev–Trinajstić information content (AvgIpc) is 3.08. The van der Waals surface area contributed by atoms with Crippen molar-refractivity contribution in [2.24, 2.45) is 5.41 Å². The smallest absolute Gasteiger partial charge is 0.185 e. The molecule has 0 aromatic carbocycles. The Morgan fingerprint density at radius 3 is 2.52 bits per heavy atom. The van der Waals surface area contributed by atoms with Gasteiger partial charge in [-0.3, -0.25) is 0 Å². The molecule has 2 fully saturated rings. The van der Waals surface area contributed by atoms with Crippen LogP contribution in [0.4, 0.5) is 5.13 Å². The summed E-state index contributed by atoms with van der Waals surface area (Å²) in [4.78, 5) is 8.80. The van der Waals surface area contributed by atoms with E-state index in [0.717, 1.165) is 6.54 Å². The van der Waals surface area contributed by atoms with Crippen LogP contribution in [0.5, 0.6) is 0 Å². The number of nitrogens with one attached hydrogen (secondary N) is 1. The van der Waals surface area contributed by atoms with Gasteiger partial charge in [0.05, 0.1) is 5.69 Å². The van der Waals surface area contributed by atoms with Gasteiger partial charge in [-0.1, -0.05) is 19.8 Å². The number of hydrogen-bond acceptors (Lipinski definition) is 4. The van der Waals surface area contributed by atoms with Crippen LogP contribution in [-0.4, -0.2) is 24.6 Å². The zero-order chi connectivity index (χ0) is 14.9. The standard InChI is InChI=1S/C17H29N3S/c1-4-18-13(2)15-14(3)19-16(21-15)20-11-9-17(10-12-20)7-5-6-8-17/h13,18H,4-12H2,1-3H3. The second-order valence-corrected chi connectivity index (χ2v) is 7.93. The first kappa shape index (κ1) is 15.3. The van der Waals surface area contributed by atoms with E-state index >= 15 is 0 Å². The summed E-state index contributed by atoms with van der Waals surface area (Å²) >= 11 is 1.90. The maximum Gasteiger partial charge on any atom is 0.185 e. The van der Waals surface area contributed by atoms with Gasteiger partial charge < -0.3 is 10.2 Å². The Balaban J connectivity index is 1.66. The molecule has 0 bridgehead atoms. The van der Waals surface area contributed by atoms with Gasteiger partial charge in [-0.25, -0.2) is 4.98 Å². The summed E-state index contributed by atoms with van der Waals surface area (Å²) in [5, 5.41) is 4.76. The fourth-order valence-electron chi connectivity index (χ4n) is 4.13. The largest absolute Gasteiger partial charge is 0.348 e. The third kappa shape index (κ3) is 3.11. The maximum absolute atomic E-state index is 4.86. The number of nitrogens with zero attached hydrogens (tertiary/aromatic N) is 2. The molecule has 1 unspecified atom stereocenters. The summed E-state index contributed by atoms with van der Waals surface area (Å²) in [6, 6.07) is 0.423. The van der Waals surface area contributed by atoms with Crippen molar-refractivity contribution in [2.45, 2.75) is 65.3 Å². The van der Waals surface area contributed by atoms with E-state index in [9.17, 15) is 0 Å². The summed E-state index contributed by atoms with van der Waals surface area (Å²) in [5.74, 6) is 0. The number of aryl methyl sites for hydroxylation is 1. The number of anilines is 1. The summed E-state index contributed by atoms with van der Waals surface area (Å²) in [7, 11) is 0. The summed E-state index contributed by atoms with van der Waals surface area (Å²) < 4.78 is 0. The zero-order valence-electron chi connectivity index (χ0n) is 13.7. The van der Waals surface area contributed by atoms with Crippen molar-refractivity contribution in [2.75, 3.05) is 24.5 Å². The van der Waals surface area contributed by atoms with Gasteiger partial charge in [0.1, 0.15) is 0 Å². The van der Waals surface area contributed by atoms with Crippen LogP contribution in [0.15, 0.2) is 0 Å². The van der Waals surface area contributed by atoms with Crippen LogP contribution in [0.25, 0.3) is 0 Å². The predicted octanol–water partition coefficient (Wildman–Crippen LogP) is 4.28. The first-order valence-electron chi connectivity index (χ1n) is 8.59. The zero-order valence-corrected chi connectivity index (χ0v) is 14.6. The SMILES string of the molecule is CCNC(C)c1sc(N2CCC3(CCCC3)CC2)nc1C. The number of piperidine rings is 1. The van der Waals surface area contributed by atoms with Crippen LogP contribution in [0.1, 0.15) is 69.0 Å². The molecular weight excluding hydrogens is 278 g/mol. The highest BCUT2D eigenvalue weighted by Gasteiger charge is 2.37. The van der Waals surface area contributed by atoms with Crippen LogP contribution in [0.3, 0.4) is 0 Å². The third-order valence-electron chi connectivity index (χ3n) is 5.48. The first-order valence-corrected chi connectivity index (χ1v) is 9.41. The molecule has 1 atom stereocenters. The van der Waals surface area contributed by atoms with Crippen LogP contribution in [-0.2, 0) is 0 Å². The molecule has 1 spiro atoms. The van der Waals surface area contributed by atoms with Crippen molar-refractivity contribution in [3.8, 4) is 0 Å². The lowest BCUT2D eigenvalue weighted by Gasteiger charge is -2.39. The van der Waals surface area contributed by atoms with Gasteiger partial charge in [0.2, 0.25) is 0 Å². The van der Waals surface area contributed by atoms with Gasteiger partial charge in [0.25, 0.3) is 0 Å². The van der Waals surface area contributed by atoms with Gasteiger partial charge in [0, 0.05) is 24.0 Å². The van der Waals surface area contributed by atoms with Gasteiger partial charge in [-0.05, 0) is 51.5 Å². The second kappa shape index (κ2) is 6.25. The van der Waals surface area contributed by atoms with E-state index in [1.54, 1.807) is 0 Å². The van der Waals surface area contributed by atoms with Crippen molar-refractivity contribution in [1.29, 1.82) is 0 Å². The van der Waals surface area contributed by atoms with E-state index in [2.05, 4.69) is 31.0 Å². The lowest BCUT2D eigenvalue weighted by molar-refractivity contribution is 0.226. The molecule has 1 saturated heterocycles. The van der Waals surface area contributed by atoms with E-state index in [1.165, 1.54) is 67.3 Å². The molecule has 0 amide bonds. The van der Waals surface area contributed by atoms with Gasteiger partial charge in [-0.2, -0.15) is 0 Å². The minimum atomic E-state index is 0.423. The quantitative estimate of drug-likeness (QED) is 0.899. The second-order valence-electron chi connectivity index (χ2n) is 6.92. The van der Waals surface area contributed by atoms with Crippen LogP contribution in [0.2, 0.25) is 0 Å². The summed E-state index contributed by atoms with van der Waals surface area (Å²) in [5.41, 5.74) is 1.91. The van der Waals surface area contributed by atoms with E-state index in [4.69, 9.17) is 4.98 Å². The molecular formula is C17H29N3S. The molecule has 1 aliphatic carbocycles. The van der Waals surface area contributed by atoms with Crippen molar-refractivity contribution < 1.29 is 0 Å². The molecule has 1 aromatic rings. The predicted molar refractivity (Wildman–Crippen MR) is 91.3 cm³/mol. The Hall–Kier alpha value is -0.610. The van der Waals surface area contributed by atoms with E-state index in [0.29, 0.717) is 11.5 Å². The average molecular weight is 308 g/mol. The summed E-state index contributed by atoms with van der Waals surface area (Å²) in [6.07, 6.45) is 8.62. The molecule has 1 saturated carbocycles. The molecule has 1 N–H and O–H groups in total. The van der Waals surface area contributed by atoms with E-state index in [-0.39, 0.29) is 0 Å². The lowest BCUT2D eigenvalue weighted by Crippen LogP contribution is -2.38. The highest BCUT2D eigenvalue weighted by Crippen LogP contribution is 2.47. The van der Waals surface area contributed by atoms with Crippen molar-refractivity contribution in [3.63, 3.8) is 0 Å². The Morgan fingerprint density at radius 1 is 1.24 bits per heavy atom. The molecule has 21 heavy (non-hydrogen) atoms. The van der Waals surface area contributed by atoms with Gasteiger partial charge >= 0.3 is 0 Å². The molecule has 1 aliphatic heterocycles. The van der Waals surface area contributed by atoms with Crippen LogP contribution < -0.4 is 10.2 Å². The first-order chi connectivity index (χ1) is 10.1. The van der Waals surface area contributed by atoms with Crippen molar-refractivity contribution in [3.05, 3.63) is 10.6 Å². The Labute approximate surface area is 133 Å². The fraction of sp³-hybridized carbons (Fsp3) is 0.824. The van der Waals surface area contributed by atoms with Crippen LogP contribution in [0, 0.1) is 12.3 Å². The number of aromatic nitrogens is 1. The fourth-order valence-corrected chi connectivity index (χ4v) is 5.27. The molecule has 2 heterocycles. The van der Waals surface area contributed by atoms with E-state index < -0.39 is 0 Å². The Kier molecular flexibility index (Phi) is 4.55. The molecule has 118 valence electrons. The Morgan fingerprint density at radius 2 is 1.90 bits per heavy atom. The number of thiazole rings is 1. The van der Waals surface area contributed by atoms with Crippen molar-refractivity contribution in [1.82, 2.24) is 10.3 Å². The molecule has 4 heteroatoms. The monoisotopic (exact) mass is 307 g/mol. The summed E-state index contributed by atoms with van der Waals surface area (Å²) in [6.45, 7) is 10.0. The third-order valence-corrected chi connectivity index (χ3v) is 6.88. The minimum Gasteiger partial charge on any atom is -0.348 e. The highest BCUT2D eigenvalue weighted by molar-refractivity contribution is 7.15. The molecule has 2 aliphatic rings. The topological polar surface area (TPSA) is 28.2 Å². The minimum absolute atomic E-state index is 0.423. The number of hydrogen-bond donors (Lipinski definition) is 1. The normalized spacial score (nSPS) is 22.9. The molecule has 3 rings (SSSR count). The van der Waals surface area contributed by atoms with Gasteiger partial charge in [0.15, 0.2) is 5.13 Å². The molecule has 1 aromatic heterocycles. The lowest BCUT2D eigenvalue weighted by atomic mass is 9.77. The van der Waals surface area contributed by atoms with Crippen molar-refractivity contribution >= 4 is 16.5 Å². The van der Waals surface area contributed by atoms with E-state index in [1.807, 2.05) is 11.3 Å². The maximum atomic E-state index is 4.86. The van der Waals surface area contributed by atoms with Crippen LogP contribution >= 0.6 is 11.3 Å². The molecule has 3 nitrogen and oxygen atoms in total. The Bertz CT molecular complexity index is 466.